The van der Waals surface area contributed by atoms with Crippen LogP contribution in [0.4, 0.5) is 14.5 Å². The van der Waals surface area contributed by atoms with Crippen molar-refractivity contribution in [2.24, 2.45) is 10.7 Å². The van der Waals surface area contributed by atoms with Gasteiger partial charge in [0.25, 0.3) is 0 Å². The van der Waals surface area contributed by atoms with Crippen molar-refractivity contribution in [3.63, 3.8) is 0 Å². The number of ether oxygens (including phenoxy) is 2. The van der Waals surface area contributed by atoms with Crippen molar-refractivity contribution in [1.29, 1.82) is 0 Å². The van der Waals surface area contributed by atoms with Gasteiger partial charge in [-0.3, -0.25) is 4.99 Å². The Bertz CT molecular complexity index is 815. The fraction of sp³-hybridized carbons (Fsp3) is 0.316. The minimum atomic E-state index is -0.625. The van der Waals surface area contributed by atoms with Gasteiger partial charge in [0.05, 0.1) is 26.5 Å². The van der Waals surface area contributed by atoms with E-state index in [2.05, 4.69) is 10.3 Å². The number of nitrogens with two attached hydrogens (primary N) is 1. The Morgan fingerprint density at radius 2 is 1.85 bits per heavy atom. The Balaban J connectivity index is 1.77. The molecule has 0 amide bonds. The largest absolute Gasteiger partial charge is 0.497 e. The Labute approximate surface area is 150 Å². The van der Waals surface area contributed by atoms with Gasteiger partial charge in [-0.25, -0.2) is 8.78 Å². The van der Waals surface area contributed by atoms with Crippen molar-refractivity contribution in [2.75, 3.05) is 26.1 Å². The molecule has 0 radical (unpaired) electrons. The average molecular weight is 361 g/mol. The van der Waals surface area contributed by atoms with Crippen molar-refractivity contribution in [2.45, 2.75) is 18.3 Å². The minimum Gasteiger partial charge on any atom is -0.497 e. The first-order valence-corrected chi connectivity index (χ1v) is 8.22. The molecule has 26 heavy (non-hydrogen) atoms. The molecule has 3 rings (SSSR count). The van der Waals surface area contributed by atoms with Gasteiger partial charge in [0.15, 0.2) is 5.96 Å². The van der Waals surface area contributed by atoms with E-state index in [1.54, 1.807) is 32.4 Å². The summed E-state index contributed by atoms with van der Waals surface area (Å²) in [5.41, 5.74) is 6.03. The number of methoxy groups -OCH3 is 2. The number of guanidine groups is 1. The molecular formula is C19H21F2N3O2. The van der Waals surface area contributed by atoms with Crippen molar-refractivity contribution in [3.05, 3.63) is 53.6 Å². The van der Waals surface area contributed by atoms with Crippen molar-refractivity contribution < 1.29 is 18.3 Å². The maximum absolute atomic E-state index is 14.1. The lowest BCUT2D eigenvalue weighted by Crippen LogP contribution is -2.25. The van der Waals surface area contributed by atoms with E-state index < -0.39 is 17.0 Å². The molecule has 1 aliphatic rings. The molecule has 0 saturated heterocycles. The smallest absolute Gasteiger partial charge is 0.193 e. The second-order valence-corrected chi connectivity index (χ2v) is 6.27. The molecule has 5 nitrogen and oxygen atoms in total. The van der Waals surface area contributed by atoms with Gasteiger partial charge in [-0.05, 0) is 37.1 Å². The summed E-state index contributed by atoms with van der Waals surface area (Å²) in [6.45, 7) is 0.204. The summed E-state index contributed by atoms with van der Waals surface area (Å²) in [4.78, 5) is 4.30. The van der Waals surface area contributed by atoms with Crippen LogP contribution in [0.25, 0.3) is 0 Å². The number of aliphatic imine (C=N–C) groups is 1. The summed E-state index contributed by atoms with van der Waals surface area (Å²) >= 11 is 0. The molecule has 1 fully saturated rings. The molecule has 138 valence electrons. The van der Waals surface area contributed by atoms with Crippen molar-refractivity contribution >= 4 is 11.6 Å². The van der Waals surface area contributed by atoms with Crippen LogP contribution in [0, 0.1) is 11.6 Å². The molecule has 0 spiro atoms. The summed E-state index contributed by atoms with van der Waals surface area (Å²) in [7, 11) is 3.10. The second-order valence-electron chi connectivity index (χ2n) is 6.27. The Morgan fingerprint density at radius 3 is 2.42 bits per heavy atom. The number of rotatable bonds is 6. The summed E-state index contributed by atoms with van der Waals surface area (Å²) in [6.07, 6.45) is 1.34. The van der Waals surface area contributed by atoms with Gasteiger partial charge in [0.2, 0.25) is 0 Å². The molecule has 0 aliphatic heterocycles. The zero-order valence-electron chi connectivity index (χ0n) is 14.7. The molecule has 0 aromatic heterocycles. The highest BCUT2D eigenvalue weighted by molar-refractivity contribution is 5.94. The van der Waals surface area contributed by atoms with Crippen molar-refractivity contribution in [1.82, 2.24) is 0 Å². The molecule has 3 N–H and O–H groups in total. The molecule has 7 heteroatoms. The minimum absolute atomic E-state index is 0.0931. The van der Waals surface area contributed by atoms with Crippen LogP contribution < -0.4 is 20.5 Å². The third-order valence-corrected chi connectivity index (χ3v) is 4.57. The zero-order valence-corrected chi connectivity index (χ0v) is 14.7. The highest BCUT2D eigenvalue weighted by Gasteiger charge is 2.47. The third-order valence-electron chi connectivity index (χ3n) is 4.57. The first-order valence-electron chi connectivity index (χ1n) is 8.22. The summed E-state index contributed by atoms with van der Waals surface area (Å²) in [6, 6.07) is 9.13. The van der Waals surface area contributed by atoms with Crippen LogP contribution in [0.5, 0.6) is 11.5 Å². The summed E-state index contributed by atoms with van der Waals surface area (Å²) < 4.78 is 38.6. The molecular weight excluding hydrogens is 340 g/mol. The van der Waals surface area contributed by atoms with Gasteiger partial charge >= 0.3 is 0 Å². The quantitative estimate of drug-likeness (QED) is 0.611. The van der Waals surface area contributed by atoms with Crippen LogP contribution in [0.3, 0.4) is 0 Å². The Kier molecular flexibility index (Phi) is 4.97. The van der Waals surface area contributed by atoms with Gasteiger partial charge in [-0.1, -0.05) is 6.07 Å². The fourth-order valence-electron chi connectivity index (χ4n) is 2.97. The Morgan fingerprint density at radius 1 is 1.15 bits per heavy atom. The summed E-state index contributed by atoms with van der Waals surface area (Å²) in [5.74, 6) is 0.260. The number of nitrogens with one attached hydrogen (secondary N) is 1. The lowest BCUT2D eigenvalue weighted by Gasteiger charge is -2.16. The van der Waals surface area contributed by atoms with Crippen LogP contribution in [-0.2, 0) is 5.41 Å². The van der Waals surface area contributed by atoms with E-state index in [0.717, 1.165) is 0 Å². The lowest BCUT2D eigenvalue weighted by molar-refractivity contribution is 0.405. The number of anilines is 1. The fourth-order valence-corrected chi connectivity index (χ4v) is 2.97. The third kappa shape index (κ3) is 3.56. The average Bonchev–Trinajstić information content (AvgIpc) is 3.40. The van der Waals surface area contributed by atoms with E-state index in [9.17, 15) is 8.78 Å². The normalized spacial score (nSPS) is 15.5. The van der Waals surface area contributed by atoms with E-state index in [1.807, 2.05) is 0 Å². The Hall–Kier alpha value is -2.83. The summed E-state index contributed by atoms with van der Waals surface area (Å²) in [5, 5.41) is 2.95. The van der Waals surface area contributed by atoms with Crippen LogP contribution in [-0.4, -0.2) is 26.7 Å². The molecule has 2 aromatic rings. The van der Waals surface area contributed by atoms with Gasteiger partial charge in [-0.15, -0.1) is 0 Å². The highest BCUT2D eigenvalue weighted by Crippen LogP contribution is 2.50. The standard InChI is InChI=1S/C19H21F2N3O2/c1-25-12-6-7-16(26-2)15(10-12)24-18(22)23-11-19(8-9-19)17-13(20)4-3-5-14(17)21/h3-7,10H,8-9,11H2,1-2H3,(H3,22,23,24). The van der Waals surface area contributed by atoms with Gasteiger partial charge in [0.1, 0.15) is 23.1 Å². The molecule has 1 aliphatic carbocycles. The van der Waals surface area contributed by atoms with Crippen molar-refractivity contribution in [3.8, 4) is 11.5 Å². The van der Waals surface area contributed by atoms with Crippen LogP contribution in [0.2, 0.25) is 0 Å². The monoisotopic (exact) mass is 361 g/mol. The first-order chi connectivity index (χ1) is 12.5. The zero-order chi connectivity index (χ0) is 18.7. The molecule has 0 unspecified atom stereocenters. The van der Waals surface area contributed by atoms with E-state index in [-0.39, 0.29) is 18.1 Å². The van der Waals surface area contributed by atoms with Crippen LogP contribution >= 0.6 is 0 Å². The van der Waals surface area contributed by atoms with E-state index in [0.29, 0.717) is 30.0 Å². The van der Waals surface area contributed by atoms with Crippen LogP contribution in [0.15, 0.2) is 41.4 Å². The molecule has 1 saturated carbocycles. The SMILES string of the molecule is COc1ccc(OC)c(NC(N)=NCC2(c3c(F)cccc3F)CC2)c1. The topological polar surface area (TPSA) is 68.9 Å². The predicted molar refractivity (Wildman–Crippen MR) is 96.9 cm³/mol. The number of hydrogen-bond donors (Lipinski definition) is 2. The number of benzene rings is 2. The first kappa shape index (κ1) is 18.0. The van der Waals surface area contributed by atoms with Crippen LogP contribution in [0.1, 0.15) is 18.4 Å². The number of nitrogens with zero attached hydrogens (tertiary/aromatic N) is 1. The molecule has 0 atom stereocenters. The maximum atomic E-state index is 14.1. The second kappa shape index (κ2) is 7.19. The maximum Gasteiger partial charge on any atom is 0.193 e. The predicted octanol–water partition coefficient (Wildman–Crippen LogP) is 3.44. The van der Waals surface area contributed by atoms with Gasteiger partial charge in [-0.2, -0.15) is 0 Å². The number of hydrogen-bond acceptors (Lipinski definition) is 3. The lowest BCUT2D eigenvalue weighted by atomic mass is 9.95. The van der Waals surface area contributed by atoms with Gasteiger partial charge < -0.3 is 20.5 Å². The molecule has 2 aromatic carbocycles. The van der Waals surface area contributed by atoms with E-state index >= 15 is 0 Å². The molecule has 0 heterocycles. The number of halogens is 2. The van der Waals surface area contributed by atoms with E-state index in [4.69, 9.17) is 15.2 Å². The van der Waals surface area contributed by atoms with E-state index in [1.165, 1.54) is 18.2 Å². The van der Waals surface area contributed by atoms with Gasteiger partial charge in [0, 0.05) is 17.0 Å². The highest BCUT2D eigenvalue weighted by atomic mass is 19.1. The molecule has 0 bridgehead atoms.